The molecule has 1 aromatic rings. The van der Waals surface area contributed by atoms with Gasteiger partial charge in [-0.15, -0.1) is 0 Å². The van der Waals surface area contributed by atoms with Crippen LogP contribution in [0.15, 0.2) is 17.0 Å². The highest BCUT2D eigenvalue weighted by molar-refractivity contribution is 7.89. The van der Waals surface area contributed by atoms with Crippen molar-refractivity contribution in [3.8, 4) is 5.75 Å². The number of hydrogen-bond acceptors (Lipinski definition) is 4. The Bertz CT molecular complexity index is 570. The molecule has 106 valence electrons. The van der Waals surface area contributed by atoms with Crippen LogP contribution in [0.4, 0.5) is 8.78 Å². The van der Waals surface area contributed by atoms with E-state index in [1.807, 2.05) is 0 Å². The van der Waals surface area contributed by atoms with Crippen LogP contribution in [0.25, 0.3) is 0 Å². The Hall–Kier alpha value is -1.25. The van der Waals surface area contributed by atoms with E-state index in [2.05, 4.69) is 0 Å². The molecule has 1 heterocycles. The minimum absolute atomic E-state index is 0.00886. The number of rotatable bonds is 4. The van der Waals surface area contributed by atoms with Crippen molar-refractivity contribution in [3.63, 3.8) is 0 Å². The maximum absolute atomic E-state index is 13.6. The van der Waals surface area contributed by atoms with Crippen molar-refractivity contribution in [3.05, 3.63) is 23.8 Å². The maximum Gasteiger partial charge on any atom is 0.241 e. The zero-order valence-corrected chi connectivity index (χ0v) is 10.8. The number of ether oxygens (including phenoxy) is 2. The molecular weight excluding hydrogens is 280 g/mol. The number of benzene rings is 1. The monoisotopic (exact) mass is 293 g/mol. The zero-order valence-electron chi connectivity index (χ0n) is 9.93. The summed E-state index contributed by atoms with van der Waals surface area (Å²) in [4.78, 5) is -0.706. The van der Waals surface area contributed by atoms with Crippen LogP contribution in [-0.4, -0.2) is 27.7 Å². The molecule has 1 unspecified atom stereocenters. The Balaban J connectivity index is 2.27. The Morgan fingerprint density at radius 2 is 2.16 bits per heavy atom. The third-order valence-electron chi connectivity index (χ3n) is 2.72. The van der Waals surface area contributed by atoms with E-state index < -0.39 is 32.3 Å². The second-order valence-electron chi connectivity index (χ2n) is 4.21. The number of sulfonamides is 1. The van der Waals surface area contributed by atoms with Gasteiger partial charge in [-0.25, -0.2) is 22.3 Å². The minimum Gasteiger partial charge on any atom is -0.486 e. The van der Waals surface area contributed by atoms with Crippen LogP contribution in [0.5, 0.6) is 5.75 Å². The van der Waals surface area contributed by atoms with Crippen molar-refractivity contribution in [2.75, 3.05) is 13.2 Å². The first-order valence-electron chi connectivity index (χ1n) is 5.64. The van der Waals surface area contributed by atoms with Gasteiger partial charge in [0, 0.05) is 12.7 Å². The lowest BCUT2D eigenvalue weighted by atomic mass is 10.2. The van der Waals surface area contributed by atoms with Crippen LogP contribution in [0.3, 0.4) is 0 Å². The Labute approximate surface area is 109 Å². The smallest absolute Gasteiger partial charge is 0.241 e. The first-order valence-corrected chi connectivity index (χ1v) is 7.19. The van der Waals surface area contributed by atoms with Gasteiger partial charge in [0.25, 0.3) is 0 Å². The van der Waals surface area contributed by atoms with Crippen LogP contribution in [0.2, 0.25) is 0 Å². The SMILES string of the molecule is NS(=O)(=O)c1cc(F)cc(F)c1OCC1CCCO1. The molecule has 0 spiro atoms. The number of halogens is 2. The topological polar surface area (TPSA) is 78.6 Å². The summed E-state index contributed by atoms with van der Waals surface area (Å²) in [7, 11) is -4.27. The van der Waals surface area contributed by atoms with Crippen LogP contribution < -0.4 is 9.88 Å². The molecule has 1 aliphatic rings. The molecule has 1 atom stereocenters. The Kier molecular flexibility index (Phi) is 4.02. The van der Waals surface area contributed by atoms with E-state index in [0.29, 0.717) is 18.7 Å². The number of nitrogens with two attached hydrogens (primary N) is 1. The summed E-state index contributed by atoms with van der Waals surface area (Å²) in [6.45, 7) is 0.576. The van der Waals surface area contributed by atoms with Gasteiger partial charge < -0.3 is 9.47 Å². The summed E-state index contributed by atoms with van der Waals surface area (Å²) in [6.07, 6.45) is 1.38. The van der Waals surface area contributed by atoms with Crippen molar-refractivity contribution in [1.29, 1.82) is 0 Å². The quantitative estimate of drug-likeness (QED) is 0.904. The Morgan fingerprint density at radius 3 is 2.74 bits per heavy atom. The van der Waals surface area contributed by atoms with Gasteiger partial charge in [0.15, 0.2) is 11.6 Å². The molecule has 2 N–H and O–H groups in total. The zero-order chi connectivity index (χ0) is 14.0. The lowest BCUT2D eigenvalue weighted by Gasteiger charge is -2.14. The lowest BCUT2D eigenvalue weighted by Crippen LogP contribution is -2.20. The molecule has 0 amide bonds. The summed E-state index contributed by atoms with van der Waals surface area (Å²) in [5.74, 6) is -2.72. The highest BCUT2D eigenvalue weighted by atomic mass is 32.2. The van der Waals surface area contributed by atoms with Crippen LogP contribution in [-0.2, 0) is 14.8 Å². The summed E-state index contributed by atoms with van der Waals surface area (Å²) in [5.41, 5.74) is 0. The molecule has 0 bridgehead atoms. The van der Waals surface area contributed by atoms with E-state index in [4.69, 9.17) is 14.6 Å². The molecule has 0 radical (unpaired) electrons. The molecule has 0 saturated carbocycles. The predicted octanol–water partition coefficient (Wildman–Crippen LogP) is 1.17. The lowest BCUT2D eigenvalue weighted by molar-refractivity contribution is 0.0653. The fourth-order valence-corrected chi connectivity index (χ4v) is 2.53. The fraction of sp³-hybridized carbons (Fsp3) is 0.455. The van der Waals surface area contributed by atoms with E-state index in [0.717, 1.165) is 12.8 Å². The number of primary sulfonamides is 1. The predicted molar refractivity (Wildman–Crippen MR) is 62.2 cm³/mol. The van der Waals surface area contributed by atoms with Gasteiger partial charge in [-0.3, -0.25) is 0 Å². The van der Waals surface area contributed by atoms with Gasteiger partial charge in [0.1, 0.15) is 17.3 Å². The van der Waals surface area contributed by atoms with Crippen molar-refractivity contribution < 1.29 is 26.7 Å². The van der Waals surface area contributed by atoms with E-state index >= 15 is 0 Å². The molecule has 1 fully saturated rings. The molecule has 1 aliphatic heterocycles. The molecule has 8 heteroatoms. The first-order chi connectivity index (χ1) is 8.88. The van der Waals surface area contributed by atoms with E-state index in [1.54, 1.807) is 0 Å². The van der Waals surface area contributed by atoms with Gasteiger partial charge >= 0.3 is 0 Å². The molecule has 0 aliphatic carbocycles. The van der Waals surface area contributed by atoms with Crippen molar-refractivity contribution in [2.24, 2.45) is 5.14 Å². The summed E-state index contributed by atoms with van der Waals surface area (Å²) in [5, 5.41) is 4.91. The van der Waals surface area contributed by atoms with Crippen LogP contribution >= 0.6 is 0 Å². The van der Waals surface area contributed by atoms with Gasteiger partial charge in [-0.2, -0.15) is 0 Å². The highest BCUT2D eigenvalue weighted by Crippen LogP contribution is 2.28. The minimum atomic E-state index is -4.27. The third kappa shape index (κ3) is 3.40. The van der Waals surface area contributed by atoms with Crippen molar-refractivity contribution >= 4 is 10.0 Å². The molecular formula is C11H13F2NO4S. The van der Waals surface area contributed by atoms with Crippen molar-refractivity contribution in [2.45, 2.75) is 23.8 Å². The largest absolute Gasteiger partial charge is 0.486 e. The van der Waals surface area contributed by atoms with Crippen LogP contribution in [0, 0.1) is 11.6 Å². The summed E-state index contributed by atoms with van der Waals surface area (Å²) in [6, 6.07) is 1.17. The second-order valence-corrected chi connectivity index (χ2v) is 5.74. The van der Waals surface area contributed by atoms with Gasteiger partial charge in [0.2, 0.25) is 10.0 Å². The van der Waals surface area contributed by atoms with Gasteiger partial charge in [-0.1, -0.05) is 0 Å². The number of hydrogen-bond donors (Lipinski definition) is 1. The summed E-state index contributed by atoms with van der Waals surface area (Å²) < 4.78 is 59.6. The fourth-order valence-electron chi connectivity index (χ4n) is 1.84. The second kappa shape index (κ2) is 5.40. The average molecular weight is 293 g/mol. The first kappa shape index (κ1) is 14.2. The molecule has 19 heavy (non-hydrogen) atoms. The van der Waals surface area contributed by atoms with E-state index in [9.17, 15) is 17.2 Å². The molecule has 1 aromatic carbocycles. The molecule has 5 nitrogen and oxygen atoms in total. The third-order valence-corrected chi connectivity index (χ3v) is 3.63. The normalized spacial score (nSPS) is 19.6. The average Bonchev–Trinajstić information content (AvgIpc) is 2.78. The van der Waals surface area contributed by atoms with Crippen molar-refractivity contribution in [1.82, 2.24) is 0 Å². The van der Waals surface area contributed by atoms with Gasteiger partial charge in [0.05, 0.1) is 6.10 Å². The maximum atomic E-state index is 13.6. The van der Waals surface area contributed by atoms with E-state index in [-0.39, 0.29) is 12.7 Å². The Morgan fingerprint density at radius 1 is 1.42 bits per heavy atom. The van der Waals surface area contributed by atoms with E-state index in [1.165, 1.54) is 0 Å². The summed E-state index contributed by atoms with van der Waals surface area (Å²) >= 11 is 0. The van der Waals surface area contributed by atoms with Crippen LogP contribution in [0.1, 0.15) is 12.8 Å². The highest BCUT2D eigenvalue weighted by Gasteiger charge is 2.23. The molecule has 1 saturated heterocycles. The molecule has 0 aromatic heterocycles. The molecule has 2 rings (SSSR count). The standard InChI is InChI=1S/C11H13F2NO4S/c12-7-4-9(13)11(10(5-7)19(14,15)16)18-6-8-2-1-3-17-8/h4-5,8H,1-3,6H2,(H2,14,15,16). The van der Waals surface area contributed by atoms with Gasteiger partial charge in [-0.05, 0) is 18.9 Å².